The van der Waals surface area contributed by atoms with Crippen molar-refractivity contribution in [2.45, 2.75) is 26.5 Å². The van der Waals surface area contributed by atoms with Gasteiger partial charge in [-0.2, -0.15) is 4.80 Å². The maximum absolute atomic E-state index is 10.5. The van der Waals surface area contributed by atoms with E-state index in [4.69, 9.17) is 9.84 Å². The van der Waals surface area contributed by atoms with Gasteiger partial charge in [-0.05, 0) is 29.3 Å². The van der Waals surface area contributed by atoms with Crippen LogP contribution in [-0.2, 0) is 24.4 Å². The summed E-state index contributed by atoms with van der Waals surface area (Å²) >= 11 is 0. The number of hydrogen-bond acceptors (Lipinski definition) is 5. The highest BCUT2D eigenvalue weighted by Gasteiger charge is 2.06. The van der Waals surface area contributed by atoms with Crippen molar-refractivity contribution < 1.29 is 14.6 Å². The highest BCUT2D eigenvalue weighted by molar-refractivity contribution is 5.66. The summed E-state index contributed by atoms with van der Waals surface area (Å²) in [5, 5.41) is 19.8. The number of carboxylic acids is 1. The Balaban J connectivity index is 1.90. The molecule has 0 amide bonds. The molecular formula is C12H14N4O3. The molecule has 1 aromatic carbocycles. The van der Waals surface area contributed by atoms with Gasteiger partial charge in [0, 0.05) is 0 Å². The number of carbonyl (C=O) groups is 1. The van der Waals surface area contributed by atoms with Gasteiger partial charge in [-0.25, -0.2) is 0 Å². The van der Waals surface area contributed by atoms with Crippen LogP contribution in [0.2, 0.25) is 0 Å². The summed E-state index contributed by atoms with van der Waals surface area (Å²) < 4.78 is 5.48. The fourth-order valence-electron chi connectivity index (χ4n) is 1.49. The number of aryl methyl sites for hydroxylation is 1. The zero-order chi connectivity index (χ0) is 13.7. The molecule has 0 bridgehead atoms. The molecule has 0 spiro atoms. The minimum absolute atomic E-state index is 0.158. The second kappa shape index (κ2) is 5.94. The summed E-state index contributed by atoms with van der Waals surface area (Å²) in [5.41, 5.74) is 1.23. The van der Waals surface area contributed by atoms with Gasteiger partial charge in [-0.3, -0.25) is 4.79 Å². The first-order valence-electron chi connectivity index (χ1n) is 5.87. The smallest absolute Gasteiger partial charge is 0.327 e. The standard InChI is InChI=1S/C12H14N4O3/c1-2-9-3-5-10(6-4-9)19-8-11-13-15-16(14-11)7-12(17)18/h3-6H,2,7-8H2,1H3,(H,17,18). The molecule has 19 heavy (non-hydrogen) atoms. The molecule has 0 saturated carbocycles. The molecule has 7 nitrogen and oxygen atoms in total. The van der Waals surface area contributed by atoms with Crippen molar-refractivity contribution in [1.29, 1.82) is 0 Å². The molecule has 0 saturated heterocycles. The van der Waals surface area contributed by atoms with Crippen LogP contribution < -0.4 is 4.74 Å². The molecular weight excluding hydrogens is 248 g/mol. The summed E-state index contributed by atoms with van der Waals surface area (Å²) in [6.07, 6.45) is 0.978. The van der Waals surface area contributed by atoms with Gasteiger partial charge in [0.1, 0.15) is 5.75 Å². The van der Waals surface area contributed by atoms with Crippen molar-refractivity contribution in [3.63, 3.8) is 0 Å². The summed E-state index contributed by atoms with van der Waals surface area (Å²) in [5.74, 6) is 0.0487. The summed E-state index contributed by atoms with van der Waals surface area (Å²) in [7, 11) is 0. The Kier molecular flexibility index (Phi) is 4.07. The average Bonchev–Trinajstić information content (AvgIpc) is 2.84. The third-order valence-electron chi connectivity index (χ3n) is 2.47. The topological polar surface area (TPSA) is 90.1 Å². The molecule has 1 heterocycles. The van der Waals surface area contributed by atoms with E-state index in [9.17, 15) is 4.79 Å². The quantitative estimate of drug-likeness (QED) is 0.831. The van der Waals surface area contributed by atoms with Crippen LogP contribution in [0.25, 0.3) is 0 Å². The maximum atomic E-state index is 10.5. The van der Waals surface area contributed by atoms with Crippen molar-refractivity contribution >= 4 is 5.97 Å². The molecule has 0 radical (unpaired) electrons. The van der Waals surface area contributed by atoms with E-state index in [1.807, 2.05) is 24.3 Å². The molecule has 0 aliphatic carbocycles. The van der Waals surface area contributed by atoms with E-state index >= 15 is 0 Å². The molecule has 2 aromatic rings. The average molecular weight is 262 g/mol. The summed E-state index contributed by atoms with van der Waals surface area (Å²) in [6, 6.07) is 7.73. The number of carboxylic acid groups (broad SMARTS) is 1. The van der Waals surface area contributed by atoms with Gasteiger partial charge in [-0.1, -0.05) is 19.1 Å². The third-order valence-corrected chi connectivity index (χ3v) is 2.47. The number of nitrogens with zero attached hydrogens (tertiary/aromatic N) is 4. The van der Waals surface area contributed by atoms with Crippen molar-refractivity contribution in [3.05, 3.63) is 35.7 Å². The zero-order valence-electron chi connectivity index (χ0n) is 10.5. The molecule has 2 rings (SSSR count). The van der Waals surface area contributed by atoms with Gasteiger partial charge in [0.15, 0.2) is 13.2 Å². The van der Waals surface area contributed by atoms with Crippen LogP contribution in [0.15, 0.2) is 24.3 Å². The molecule has 7 heteroatoms. The number of aliphatic carboxylic acids is 1. The normalized spacial score (nSPS) is 10.4. The van der Waals surface area contributed by atoms with E-state index in [1.165, 1.54) is 5.56 Å². The first kappa shape index (κ1) is 13.0. The van der Waals surface area contributed by atoms with Crippen LogP contribution >= 0.6 is 0 Å². The first-order valence-corrected chi connectivity index (χ1v) is 5.87. The highest BCUT2D eigenvalue weighted by atomic mass is 16.5. The van der Waals surface area contributed by atoms with Gasteiger partial charge in [0.05, 0.1) is 0 Å². The lowest BCUT2D eigenvalue weighted by Gasteiger charge is -2.03. The molecule has 1 N–H and O–H groups in total. The van der Waals surface area contributed by atoms with E-state index < -0.39 is 5.97 Å². The first-order chi connectivity index (χ1) is 9.17. The van der Waals surface area contributed by atoms with Gasteiger partial charge < -0.3 is 9.84 Å². The van der Waals surface area contributed by atoms with Crippen LogP contribution in [0.1, 0.15) is 18.3 Å². The van der Waals surface area contributed by atoms with Crippen LogP contribution in [0.3, 0.4) is 0 Å². The van der Waals surface area contributed by atoms with E-state index in [1.54, 1.807) is 0 Å². The largest absolute Gasteiger partial charge is 0.485 e. The van der Waals surface area contributed by atoms with E-state index in [-0.39, 0.29) is 13.2 Å². The Labute approximate surface area is 109 Å². The number of tetrazole rings is 1. The molecule has 0 unspecified atom stereocenters. The Morgan fingerprint density at radius 2 is 2.11 bits per heavy atom. The van der Waals surface area contributed by atoms with Crippen LogP contribution in [0, 0.1) is 0 Å². The Hall–Kier alpha value is -2.44. The van der Waals surface area contributed by atoms with Gasteiger partial charge >= 0.3 is 5.97 Å². The number of benzene rings is 1. The maximum Gasteiger partial charge on any atom is 0.327 e. The second-order valence-corrected chi connectivity index (χ2v) is 3.92. The molecule has 0 fully saturated rings. The SMILES string of the molecule is CCc1ccc(OCc2nnn(CC(=O)O)n2)cc1. The van der Waals surface area contributed by atoms with Crippen LogP contribution in [-0.4, -0.2) is 31.3 Å². The number of aromatic nitrogens is 4. The predicted molar refractivity (Wildman–Crippen MR) is 65.6 cm³/mol. The number of hydrogen-bond donors (Lipinski definition) is 1. The van der Waals surface area contributed by atoms with Crippen molar-refractivity contribution in [2.75, 3.05) is 0 Å². The van der Waals surface area contributed by atoms with Gasteiger partial charge in [0.2, 0.25) is 5.82 Å². The zero-order valence-corrected chi connectivity index (χ0v) is 10.5. The lowest BCUT2D eigenvalue weighted by atomic mass is 10.2. The Morgan fingerprint density at radius 3 is 2.74 bits per heavy atom. The lowest BCUT2D eigenvalue weighted by molar-refractivity contribution is -0.138. The molecule has 0 atom stereocenters. The molecule has 0 aliphatic rings. The van der Waals surface area contributed by atoms with Gasteiger partial charge in [0.25, 0.3) is 0 Å². The van der Waals surface area contributed by atoms with E-state index in [0.29, 0.717) is 11.6 Å². The fraction of sp³-hybridized carbons (Fsp3) is 0.333. The second-order valence-electron chi connectivity index (χ2n) is 3.92. The monoisotopic (exact) mass is 262 g/mol. The summed E-state index contributed by atoms with van der Waals surface area (Å²) in [4.78, 5) is 11.5. The number of ether oxygens (including phenoxy) is 1. The third kappa shape index (κ3) is 3.77. The van der Waals surface area contributed by atoms with E-state index in [2.05, 4.69) is 22.3 Å². The highest BCUT2D eigenvalue weighted by Crippen LogP contribution is 2.13. The fourth-order valence-corrected chi connectivity index (χ4v) is 1.49. The van der Waals surface area contributed by atoms with Crippen molar-refractivity contribution in [1.82, 2.24) is 20.2 Å². The Morgan fingerprint density at radius 1 is 1.37 bits per heavy atom. The predicted octanol–water partition coefficient (Wildman–Crippen LogP) is 0.899. The molecule has 0 aliphatic heterocycles. The Bertz CT molecular complexity index is 550. The molecule has 1 aromatic heterocycles. The van der Waals surface area contributed by atoms with E-state index in [0.717, 1.165) is 11.2 Å². The van der Waals surface area contributed by atoms with Crippen LogP contribution in [0.5, 0.6) is 5.75 Å². The van der Waals surface area contributed by atoms with Gasteiger partial charge in [-0.15, -0.1) is 10.2 Å². The molecule has 100 valence electrons. The van der Waals surface area contributed by atoms with Crippen molar-refractivity contribution in [3.8, 4) is 5.75 Å². The summed E-state index contributed by atoms with van der Waals surface area (Å²) in [6.45, 7) is 1.93. The minimum atomic E-state index is -1.01. The van der Waals surface area contributed by atoms with Crippen LogP contribution in [0.4, 0.5) is 0 Å². The minimum Gasteiger partial charge on any atom is -0.485 e. The van der Waals surface area contributed by atoms with Crippen molar-refractivity contribution in [2.24, 2.45) is 0 Å². The lowest BCUT2D eigenvalue weighted by Crippen LogP contribution is -2.12. The number of rotatable bonds is 6.